The third-order valence-corrected chi connectivity index (χ3v) is 8.26. The molecule has 0 aliphatic carbocycles. The maximum atomic E-state index is 13.9. The zero-order valence-corrected chi connectivity index (χ0v) is 23.2. The van der Waals surface area contributed by atoms with Crippen LogP contribution < -0.4 is 9.62 Å². The molecule has 0 radical (unpaired) electrons. The largest absolute Gasteiger partial charge is 0.354 e. The maximum absolute atomic E-state index is 13.9. The van der Waals surface area contributed by atoms with Crippen LogP contribution in [0.2, 0.25) is 10.0 Å². The maximum Gasteiger partial charge on any atom is 0.264 e. The van der Waals surface area contributed by atoms with Crippen LogP contribution in [0.25, 0.3) is 0 Å². The minimum absolute atomic E-state index is 0.00520. The van der Waals surface area contributed by atoms with Crippen LogP contribution in [0.5, 0.6) is 0 Å². The molecule has 0 saturated heterocycles. The monoisotopic (exact) mass is 579 g/mol. The Hall–Kier alpha value is -3.14. The fourth-order valence-electron chi connectivity index (χ4n) is 3.68. The smallest absolute Gasteiger partial charge is 0.264 e. The number of carbonyl (C=O) groups excluding carboxylic acids is 2. The summed E-state index contributed by atoms with van der Waals surface area (Å²) in [4.78, 5) is 27.8. The van der Waals surface area contributed by atoms with Gasteiger partial charge in [-0.1, -0.05) is 66.5 Å². The third-order valence-electron chi connectivity index (χ3n) is 5.82. The number of benzene rings is 3. The van der Waals surface area contributed by atoms with Crippen molar-refractivity contribution in [3.05, 3.63) is 94.2 Å². The topological polar surface area (TPSA) is 86.8 Å². The van der Waals surface area contributed by atoms with Crippen molar-refractivity contribution in [3.8, 4) is 0 Å². The van der Waals surface area contributed by atoms with E-state index in [9.17, 15) is 22.4 Å². The standard InChI is InChI=1S/C27H28Cl2FN3O4S/c1-3-15-31-27(35)19(2)32(17-20-9-7-8-12-23(20)28)26(34)18-33(21-13-14-25(30)24(29)16-21)38(36,37)22-10-5-4-6-11-22/h4-14,16,19H,3,15,17-18H2,1-2H3,(H,31,35)/t19-/m1/s1. The lowest BCUT2D eigenvalue weighted by Crippen LogP contribution is -2.51. The normalized spacial score (nSPS) is 12.0. The quantitative estimate of drug-likeness (QED) is 0.335. The zero-order valence-electron chi connectivity index (χ0n) is 20.9. The van der Waals surface area contributed by atoms with E-state index in [2.05, 4.69) is 5.32 Å². The molecule has 0 fully saturated rings. The van der Waals surface area contributed by atoms with Crippen LogP contribution in [-0.2, 0) is 26.2 Å². The molecule has 3 aromatic rings. The molecule has 202 valence electrons. The first kappa shape index (κ1) is 29.4. The van der Waals surface area contributed by atoms with Gasteiger partial charge in [-0.2, -0.15) is 0 Å². The first-order chi connectivity index (χ1) is 18.1. The molecule has 1 atom stereocenters. The highest BCUT2D eigenvalue weighted by Crippen LogP contribution is 2.28. The second kappa shape index (κ2) is 13.1. The van der Waals surface area contributed by atoms with E-state index in [0.717, 1.165) is 16.4 Å². The van der Waals surface area contributed by atoms with E-state index in [1.807, 2.05) is 6.92 Å². The number of anilines is 1. The summed E-state index contributed by atoms with van der Waals surface area (Å²) in [5, 5.41) is 2.86. The Labute approximate surface area is 232 Å². The summed E-state index contributed by atoms with van der Waals surface area (Å²) in [6, 6.07) is 16.9. The summed E-state index contributed by atoms with van der Waals surface area (Å²) < 4.78 is 42.1. The summed E-state index contributed by atoms with van der Waals surface area (Å²) in [5.41, 5.74) is 0.578. The molecule has 11 heteroatoms. The molecule has 0 heterocycles. The van der Waals surface area contributed by atoms with E-state index in [1.165, 1.54) is 23.1 Å². The Kier molecular flexibility index (Phi) is 10.1. The van der Waals surface area contributed by atoms with Gasteiger partial charge in [0.05, 0.1) is 15.6 Å². The van der Waals surface area contributed by atoms with Crippen LogP contribution in [0.3, 0.4) is 0 Å². The molecule has 0 bridgehead atoms. The lowest BCUT2D eigenvalue weighted by Gasteiger charge is -2.32. The summed E-state index contributed by atoms with van der Waals surface area (Å²) in [5.74, 6) is -1.79. The second-order valence-electron chi connectivity index (χ2n) is 8.50. The highest BCUT2D eigenvalue weighted by Gasteiger charge is 2.33. The van der Waals surface area contributed by atoms with E-state index in [4.69, 9.17) is 23.2 Å². The summed E-state index contributed by atoms with van der Waals surface area (Å²) in [6.45, 7) is 3.17. The van der Waals surface area contributed by atoms with Crippen molar-refractivity contribution in [2.75, 3.05) is 17.4 Å². The highest BCUT2D eigenvalue weighted by atomic mass is 35.5. The molecule has 3 aromatic carbocycles. The lowest BCUT2D eigenvalue weighted by atomic mass is 10.1. The van der Waals surface area contributed by atoms with Crippen molar-refractivity contribution < 1.29 is 22.4 Å². The molecule has 1 N–H and O–H groups in total. The van der Waals surface area contributed by atoms with Crippen molar-refractivity contribution in [2.24, 2.45) is 0 Å². The van der Waals surface area contributed by atoms with Crippen LogP contribution >= 0.6 is 23.2 Å². The molecule has 0 aliphatic heterocycles. The Morgan fingerprint density at radius 2 is 1.63 bits per heavy atom. The van der Waals surface area contributed by atoms with Crippen LogP contribution in [-0.4, -0.2) is 44.3 Å². The van der Waals surface area contributed by atoms with Crippen LogP contribution in [0.4, 0.5) is 10.1 Å². The van der Waals surface area contributed by atoms with Crippen molar-refractivity contribution in [2.45, 2.75) is 37.8 Å². The summed E-state index contributed by atoms with van der Waals surface area (Å²) >= 11 is 12.3. The lowest BCUT2D eigenvalue weighted by molar-refractivity contribution is -0.139. The van der Waals surface area contributed by atoms with Gasteiger partial charge in [-0.05, 0) is 55.3 Å². The highest BCUT2D eigenvalue weighted by molar-refractivity contribution is 7.92. The number of nitrogens with one attached hydrogen (secondary N) is 1. The number of hydrogen-bond donors (Lipinski definition) is 1. The number of carbonyl (C=O) groups is 2. The van der Waals surface area contributed by atoms with E-state index >= 15 is 0 Å². The Balaban J connectivity index is 2.04. The second-order valence-corrected chi connectivity index (χ2v) is 11.2. The van der Waals surface area contributed by atoms with Crippen LogP contribution in [0.15, 0.2) is 77.7 Å². The van der Waals surface area contributed by atoms with Gasteiger partial charge < -0.3 is 10.2 Å². The van der Waals surface area contributed by atoms with E-state index in [-0.39, 0.29) is 22.2 Å². The van der Waals surface area contributed by atoms with E-state index < -0.39 is 40.2 Å². The van der Waals surface area contributed by atoms with Crippen molar-refractivity contribution in [3.63, 3.8) is 0 Å². The van der Waals surface area contributed by atoms with E-state index in [1.54, 1.807) is 49.4 Å². The van der Waals surface area contributed by atoms with Gasteiger partial charge in [0.2, 0.25) is 11.8 Å². The summed E-state index contributed by atoms with van der Waals surface area (Å²) in [7, 11) is -4.28. The average Bonchev–Trinajstić information content (AvgIpc) is 2.91. The van der Waals surface area contributed by atoms with Gasteiger partial charge in [-0.3, -0.25) is 13.9 Å². The fraction of sp³-hybridized carbons (Fsp3) is 0.259. The van der Waals surface area contributed by atoms with Crippen molar-refractivity contribution in [1.82, 2.24) is 10.2 Å². The number of sulfonamides is 1. The minimum Gasteiger partial charge on any atom is -0.354 e. The molecular formula is C27H28Cl2FN3O4S. The Morgan fingerprint density at radius 1 is 0.974 bits per heavy atom. The van der Waals surface area contributed by atoms with Crippen LogP contribution in [0, 0.1) is 5.82 Å². The first-order valence-electron chi connectivity index (χ1n) is 11.9. The number of hydrogen-bond acceptors (Lipinski definition) is 4. The molecule has 0 unspecified atom stereocenters. The van der Waals surface area contributed by atoms with Gasteiger partial charge in [0.25, 0.3) is 10.0 Å². The molecule has 0 aromatic heterocycles. The number of nitrogens with zero attached hydrogens (tertiary/aromatic N) is 2. The third kappa shape index (κ3) is 7.03. The molecule has 0 saturated carbocycles. The average molecular weight is 581 g/mol. The predicted octanol–water partition coefficient (Wildman–Crippen LogP) is 5.27. The Bertz CT molecular complexity index is 1390. The molecular weight excluding hydrogens is 552 g/mol. The van der Waals surface area contributed by atoms with Gasteiger partial charge in [-0.25, -0.2) is 12.8 Å². The first-order valence-corrected chi connectivity index (χ1v) is 14.1. The van der Waals surface area contributed by atoms with Gasteiger partial charge in [0.1, 0.15) is 18.4 Å². The number of halogens is 3. The molecule has 0 spiro atoms. The van der Waals surface area contributed by atoms with Gasteiger partial charge >= 0.3 is 0 Å². The van der Waals surface area contributed by atoms with Gasteiger partial charge in [-0.15, -0.1) is 0 Å². The van der Waals surface area contributed by atoms with Crippen LogP contribution in [0.1, 0.15) is 25.8 Å². The molecule has 7 nitrogen and oxygen atoms in total. The minimum atomic E-state index is -4.28. The zero-order chi connectivity index (χ0) is 27.9. The molecule has 0 aliphatic rings. The van der Waals surface area contributed by atoms with E-state index in [0.29, 0.717) is 23.6 Å². The van der Waals surface area contributed by atoms with Gasteiger partial charge in [0.15, 0.2) is 0 Å². The Morgan fingerprint density at radius 3 is 2.26 bits per heavy atom. The SMILES string of the molecule is CCCNC(=O)[C@@H](C)N(Cc1ccccc1Cl)C(=O)CN(c1ccc(F)c(Cl)c1)S(=O)(=O)c1ccccc1. The van der Waals surface area contributed by atoms with Crippen molar-refractivity contribution >= 4 is 50.7 Å². The number of amides is 2. The molecule has 2 amide bonds. The molecule has 38 heavy (non-hydrogen) atoms. The van der Waals surface area contributed by atoms with Gasteiger partial charge in [0, 0.05) is 18.1 Å². The number of rotatable bonds is 11. The van der Waals surface area contributed by atoms with Crippen molar-refractivity contribution in [1.29, 1.82) is 0 Å². The predicted molar refractivity (Wildman–Crippen MR) is 147 cm³/mol. The molecule has 3 rings (SSSR count). The fourth-order valence-corrected chi connectivity index (χ4v) is 5.47. The summed E-state index contributed by atoms with van der Waals surface area (Å²) in [6.07, 6.45) is 0.700.